The van der Waals surface area contributed by atoms with Crippen LogP contribution in [0, 0.1) is 6.92 Å². The van der Waals surface area contributed by atoms with Crippen LogP contribution in [0.5, 0.6) is 0 Å². The first-order chi connectivity index (χ1) is 7.96. The Kier molecular flexibility index (Phi) is 5.76. The summed E-state index contributed by atoms with van der Waals surface area (Å²) in [5, 5.41) is 0. The SMILES string of the molecule is Cc1c(Br)cccc1NS(=O)(=O)CCCCCl. The van der Waals surface area contributed by atoms with Crippen LogP contribution in [-0.2, 0) is 10.0 Å². The van der Waals surface area contributed by atoms with Crippen LogP contribution in [0.3, 0.4) is 0 Å². The van der Waals surface area contributed by atoms with Crippen molar-refractivity contribution in [3.63, 3.8) is 0 Å². The topological polar surface area (TPSA) is 46.2 Å². The van der Waals surface area contributed by atoms with Crippen molar-refractivity contribution in [3.05, 3.63) is 28.2 Å². The summed E-state index contributed by atoms with van der Waals surface area (Å²) < 4.78 is 27.0. The molecule has 17 heavy (non-hydrogen) atoms. The molecule has 6 heteroatoms. The third-order valence-corrected chi connectivity index (χ3v) is 4.81. The highest BCUT2D eigenvalue weighted by molar-refractivity contribution is 9.10. The van der Waals surface area contributed by atoms with Gasteiger partial charge >= 0.3 is 0 Å². The Labute approximate surface area is 116 Å². The summed E-state index contributed by atoms with van der Waals surface area (Å²) in [4.78, 5) is 0. The number of nitrogens with one attached hydrogen (secondary N) is 1. The van der Waals surface area contributed by atoms with Crippen molar-refractivity contribution in [2.24, 2.45) is 0 Å². The molecule has 1 rings (SSSR count). The van der Waals surface area contributed by atoms with E-state index in [-0.39, 0.29) is 5.75 Å². The van der Waals surface area contributed by atoms with Crippen LogP contribution in [-0.4, -0.2) is 20.1 Å². The Bertz CT molecular complexity index is 476. The van der Waals surface area contributed by atoms with Gasteiger partial charge in [-0.25, -0.2) is 8.42 Å². The third-order valence-electron chi connectivity index (χ3n) is 2.33. The van der Waals surface area contributed by atoms with Crippen LogP contribution in [0.2, 0.25) is 0 Å². The normalized spacial score (nSPS) is 11.5. The quantitative estimate of drug-likeness (QED) is 0.636. The van der Waals surface area contributed by atoms with Gasteiger partial charge in [-0.15, -0.1) is 11.6 Å². The molecule has 0 atom stereocenters. The van der Waals surface area contributed by atoms with E-state index >= 15 is 0 Å². The first-order valence-corrected chi connectivity index (χ1v) is 8.26. The van der Waals surface area contributed by atoms with Gasteiger partial charge in [0.25, 0.3) is 0 Å². The summed E-state index contributed by atoms with van der Waals surface area (Å²) in [6.45, 7) is 1.86. The fourth-order valence-electron chi connectivity index (χ4n) is 1.32. The van der Waals surface area contributed by atoms with Crippen LogP contribution in [0.25, 0.3) is 0 Å². The van der Waals surface area contributed by atoms with Crippen LogP contribution >= 0.6 is 27.5 Å². The average Bonchev–Trinajstić information content (AvgIpc) is 2.25. The van der Waals surface area contributed by atoms with Gasteiger partial charge in [-0.3, -0.25) is 4.72 Å². The number of hydrogen-bond donors (Lipinski definition) is 1. The summed E-state index contributed by atoms with van der Waals surface area (Å²) in [6, 6.07) is 5.42. The predicted octanol–water partition coefficient (Wildman–Crippen LogP) is 3.52. The maximum absolute atomic E-state index is 11.8. The van der Waals surface area contributed by atoms with Crippen molar-refractivity contribution in [2.75, 3.05) is 16.4 Å². The molecular formula is C11H15BrClNO2S. The molecule has 0 unspecified atom stereocenters. The summed E-state index contributed by atoms with van der Waals surface area (Å²) in [5.41, 5.74) is 1.50. The van der Waals surface area contributed by atoms with Gasteiger partial charge in [0.15, 0.2) is 0 Å². The summed E-state index contributed by atoms with van der Waals surface area (Å²) in [7, 11) is -3.28. The molecule has 0 saturated carbocycles. The van der Waals surface area contributed by atoms with Crippen molar-refractivity contribution < 1.29 is 8.42 Å². The Morgan fingerprint density at radius 1 is 1.35 bits per heavy atom. The van der Waals surface area contributed by atoms with Crippen molar-refractivity contribution in [1.82, 2.24) is 0 Å². The van der Waals surface area contributed by atoms with Gasteiger partial charge in [-0.2, -0.15) is 0 Å². The average molecular weight is 341 g/mol. The monoisotopic (exact) mass is 339 g/mol. The molecule has 0 heterocycles. The van der Waals surface area contributed by atoms with E-state index in [9.17, 15) is 8.42 Å². The first-order valence-electron chi connectivity index (χ1n) is 5.28. The van der Waals surface area contributed by atoms with E-state index in [1.165, 1.54) is 0 Å². The Morgan fingerprint density at radius 2 is 2.06 bits per heavy atom. The van der Waals surface area contributed by atoms with Gasteiger partial charge in [0.1, 0.15) is 0 Å². The second kappa shape index (κ2) is 6.61. The Morgan fingerprint density at radius 3 is 2.71 bits per heavy atom. The zero-order valence-electron chi connectivity index (χ0n) is 9.54. The number of sulfonamides is 1. The van der Waals surface area contributed by atoms with Gasteiger partial charge in [-0.1, -0.05) is 22.0 Å². The molecule has 0 amide bonds. The van der Waals surface area contributed by atoms with Crippen molar-refractivity contribution in [2.45, 2.75) is 19.8 Å². The molecule has 3 nitrogen and oxygen atoms in total. The van der Waals surface area contributed by atoms with Crippen LogP contribution in [0.4, 0.5) is 5.69 Å². The molecule has 1 aromatic rings. The van der Waals surface area contributed by atoms with E-state index in [0.29, 0.717) is 24.4 Å². The zero-order valence-corrected chi connectivity index (χ0v) is 12.7. The lowest BCUT2D eigenvalue weighted by atomic mass is 10.2. The van der Waals surface area contributed by atoms with Crippen molar-refractivity contribution in [3.8, 4) is 0 Å². The molecule has 0 fully saturated rings. The smallest absolute Gasteiger partial charge is 0.232 e. The van der Waals surface area contributed by atoms with Gasteiger partial charge in [-0.05, 0) is 37.5 Å². The molecule has 0 spiro atoms. The largest absolute Gasteiger partial charge is 0.283 e. The second-order valence-corrected chi connectivity index (χ2v) is 6.80. The van der Waals surface area contributed by atoms with E-state index in [0.717, 1.165) is 10.0 Å². The number of halogens is 2. The number of rotatable bonds is 6. The molecule has 0 aromatic heterocycles. The Hall–Kier alpha value is -0.260. The number of benzene rings is 1. The van der Waals surface area contributed by atoms with Crippen LogP contribution in [0.1, 0.15) is 18.4 Å². The fourth-order valence-corrected chi connectivity index (χ4v) is 3.12. The molecule has 0 radical (unpaired) electrons. The highest BCUT2D eigenvalue weighted by Crippen LogP contribution is 2.24. The van der Waals surface area contributed by atoms with Gasteiger partial charge in [0, 0.05) is 10.4 Å². The maximum Gasteiger partial charge on any atom is 0.232 e. The number of hydrogen-bond acceptors (Lipinski definition) is 2. The lowest BCUT2D eigenvalue weighted by molar-refractivity contribution is 0.598. The van der Waals surface area contributed by atoms with Crippen LogP contribution < -0.4 is 4.72 Å². The minimum atomic E-state index is -3.28. The van der Waals surface area contributed by atoms with Gasteiger partial charge in [0.05, 0.1) is 11.4 Å². The molecule has 0 bridgehead atoms. The van der Waals surface area contributed by atoms with E-state index in [4.69, 9.17) is 11.6 Å². The lowest BCUT2D eigenvalue weighted by Crippen LogP contribution is -2.17. The summed E-state index contributed by atoms with van der Waals surface area (Å²) in [5.74, 6) is 0.594. The predicted molar refractivity (Wildman–Crippen MR) is 76.2 cm³/mol. The lowest BCUT2D eigenvalue weighted by Gasteiger charge is -2.11. The van der Waals surface area contributed by atoms with Crippen molar-refractivity contribution in [1.29, 1.82) is 0 Å². The molecule has 1 aromatic carbocycles. The minimum absolute atomic E-state index is 0.103. The third kappa shape index (κ3) is 4.85. The zero-order chi connectivity index (χ0) is 12.9. The van der Waals surface area contributed by atoms with Crippen LogP contribution in [0.15, 0.2) is 22.7 Å². The van der Waals surface area contributed by atoms with Gasteiger partial charge in [0.2, 0.25) is 10.0 Å². The molecule has 1 N–H and O–H groups in total. The highest BCUT2D eigenvalue weighted by Gasteiger charge is 2.12. The molecule has 0 saturated heterocycles. The fraction of sp³-hybridized carbons (Fsp3) is 0.455. The number of alkyl halides is 1. The summed E-state index contributed by atoms with van der Waals surface area (Å²) in [6.07, 6.45) is 1.28. The molecule has 0 aliphatic carbocycles. The van der Waals surface area contributed by atoms with E-state index in [1.54, 1.807) is 12.1 Å². The van der Waals surface area contributed by atoms with E-state index in [2.05, 4.69) is 20.7 Å². The van der Waals surface area contributed by atoms with Gasteiger partial charge < -0.3 is 0 Å². The molecule has 0 aliphatic rings. The Balaban J connectivity index is 2.73. The first kappa shape index (κ1) is 14.8. The number of unbranched alkanes of at least 4 members (excludes halogenated alkanes) is 1. The van der Waals surface area contributed by atoms with Crippen molar-refractivity contribution >= 4 is 43.2 Å². The maximum atomic E-state index is 11.8. The standard InChI is InChI=1S/C11H15BrClNO2S/c1-9-10(12)5-4-6-11(9)14-17(15,16)8-3-2-7-13/h4-6,14H,2-3,7-8H2,1H3. The summed E-state index contributed by atoms with van der Waals surface area (Å²) >= 11 is 8.88. The molecule has 96 valence electrons. The molecule has 0 aliphatic heterocycles. The minimum Gasteiger partial charge on any atom is -0.283 e. The van der Waals surface area contributed by atoms with E-state index in [1.807, 2.05) is 13.0 Å². The van der Waals surface area contributed by atoms with E-state index < -0.39 is 10.0 Å². The number of anilines is 1. The second-order valence-electron chi connectivity index (χ2n) is 3.73. The highest BCUT2D eigenvalue weighted by atomic mass is 79.9. The molecular weight excluding hydrogens is 326 g/mol.